The second-order valence-electron chi connectivity index (χ2n) is 3.69. The first-order chi connectivity index (χ1) is 8.75. The van der Waals surface area contributed by atoms with E-state index in [9.17, 15) is 4.79 Å². The molecule has 0 aromatic carbocycles. The molecule has 0 bridgehead atoms. The van der Waals surface area contributed by atoms with E-state index in [0.29, 0.717) is 11.3 Å². The Labute approximate surface area is 106 Å². The van der Waals surface area contributed by atoms with Crippen LogP contribution in [0.5, 0.6) is 0 Å². The normalized spacial score (nSPS) is 10.7. The Morgan fingerprint density at radius 3 is 3.00 bits per heavy atom. The van der Waals surface area contributed by atoms with Crippen molar-refractivity contribution < 1.29 is 4.52 Å². The highest BCUT2D eigenvalue weighted by atomic mass is 32.1. The topological polar surface area (TPSA) is 84.9 Å². The van der Waals surface area contributed by atoms with Gasteiger partial charge in [0.2, 0.25) is 11.4 Å². The Hall–Kier alpha value is -2.34. The van der Waals surface area contributed by atoms with Gasteiger partial charge in [-0.2, -0.15) is 0 Å². The van der Waals surface area contributed by atoms with Crippen molar-refractivity contribution in [2.45, 2.75) is 0 Å². The van der Waals surface area contributed by atoms with E-state index in [1.54, 1.807) is 23.6 Å². The summed E-state index contributed by atoms with van der Waals surface area (Å²) >= 11 is 1.54. The van der Waals surface area contributed by atoms with Gasteiger partial charge >= 0.3 is 0 Å². The highest BCUT2D eigenvalue weighted by Gasteiger charge is 2.18. The number of aromatic nitrogens is 2. The van der Waals surface area contributed by atoms with E-state index in [0.717, 1.165) is 10.4 Å². The predicted molar refractivity (Wildman–Crippen MR) is 70.3 cm³/mol. The minimum Gasteiger partial charge on any atom is -0.367 e. The molecule has 0 saturated carbocycles. The van der Waals surface area contributed by atoms with Gasteiger partial charge in [0, 0.05) is 22.7 Å². The van der Waals surface area contributed by atoms with E-state index < -0.39 is 0 Å². The number of nitrogens with two attached hydrogens (primary N) is 1. The first kappa shape index (κ1) is 10.8. The maximum atomic E-state index is 11.3. The minimum absolute atomic E-state index is 0.189. The molecule has 0 amide bonds. The number of pyridine rings is 1. The lowest BCUT2D eigenvalue weighted by molar-refractivity contribution is 0.439. The quantitative estimate of drug-likeness (QED) is 0.739. The highest BCUT2D eigenvalue weighted by molar-refractivity contribution is 7.13. The Morgan fingerprint density at radius 2 is 2.28 bits per heavy atom. The van der Waals surface area contributed by atoms with Crippen molar-refractivity contribution >= 4 is 17.2 Å². The van der Waals surface area contributed by atoms with Crippen molar-refractivity contribution in [3.8, 4) is 21.7 Å². The molecule has 0 fully saturated rings. The molecule has 3 rings (SSSR count). The molecular weight excluding hydrogens is 250 g/mol. The second kappa shape index (κ2) is 4.15. The van der Waals surface area contributed by atoms with Gasteiger partial charge in [-0.3, -0.25) is 4.79 Å². The molecule has 5 nitrogen and oxygen atoms in total. The zero-order valence-electron chi connectivity index (χ0n) is 9.21. The average Bonchev–Trinajstić information content (AvgIpc) is 2.97. The SMILES string of the molecule is Nc1onc(-c2cc[nH]c(=O)c2)c1-c1cccs1. The fourth-order valence-corrected chi connectivity index (χ4v) is 2.53. The van der Waals surface area contributed by atoms with Crippen LogP contribution in [0.15, 0.2) is 45.2 Å². The van der Waals surface area contributed by atoms with E-state index in [2.05, 4.69) is 10.1 Å². The summed E-state index contributed by atoms with van der Waals surface area (Å²) in [5.41, 5.74) is 7.61. The zero-order valence-corrected chi connectivity index (χ0v) is 10.0. The molecular formula is C12H9N3O2S. The number of nitrogens with zero attached hydrogens (tertiary/aromatic N) is 1. The van der Waals surface area contributed by atoms with Gasteiger partial charge in [0.1, 0.15) is 5.69 Å². The lowest BCUT2D eigenvalue weighted by Crippen LogP contribution is -2.02. The van der Waals surface area contributed by atoms with E-state index >= 15 is 0 Å². The molecule has 18 heavy (non-hydrogen) atoms. The Balaban J connectivity index is 2.23. The number of thiophene rings is 1. The molecule has 3 aromatic rings. The molecule has 3 aromatic heterocycles. The van der Waals surface area contributed by atoms with Crippen molar-refractivity contribution in [2.24, 2.45) is 0 Å². The monoisotopic (exact) mass is 259 g/mol. The maximum Gasteiger partial charge on any atom is 0.248 e. The summed E-state index contributed by atoms with van der Waals surface area (Å²) in [5.74, 6) is 0.257. The van der Waals surface area contributed by atoms with Crippen molar-refractivity contribution in [1.82, 2.24) is 10.1 Å². The predicted octanol–water partition coefficient (Wildman–Crippen LogP) is 2.34. The summed E-state index contributed by atoms with van der Waals surface area (Å²) in [6, 6.07) is 7.09. The van der Waals surface area contributed by atoms with Crippen LogP contribution in [0, 0.1) is 0 Å². The van der Waals surface area contributed by atoms with Gasteiger partial charge in [0.05, 0.1) is 5.56 Å². The number of nitrogen functional groups attached to an aromatic ring is 1. The summed E-state index contributed by atoms with van der Waals surface area (Å²) < 4.78 is 5.04. The molecule has 90 valence electrons. The molecule has 0 radical (unpaired) electrons. The lowest BCUT2D eigenvalue weighted by atomic mass is 10.1. The first-order valence-electron chi connectivity index (χ1n) is 5.24. The summed E-state index contributed by atoms with van der Waals surface area (Å²) in [6.45, 7) is 0. The van der Waals surface area contributed by atoms with E-state index in [-0.39, 0.29) is 11.4 Å². The van der Waals surface area contributed by atoms with Crippen molar-refractivity contribution in [3.05, 3.63) is 46.2 Å². The number of anilines is 1. The number of rotatable bonds is 2. The van der Waals surface area contributed by atoms with Crippen LogP contribution in [0.25, 0.3) is 21.7 Å². The van der Waals surface area contributed by atoms with Crippen LogP contribution in [-0.4, -0.2) is 10.1 Å². The summed E-state index contributed by atoms with van der Waals surface area (Å²) in [7, 11) is 0. The Morgan fingerprint density at radius 1 is 1.39 bits per heavy atom. The fourth-order valence-electron chi connectivity index (χ4n) is 1.75. The van der Waals surface area contributed by atoms with Crippen molar-refractivity contribution in [3.63, 3.8) is 0 Å². The number of aromatic amines is 1. The van der Waals surface area contributed by atoms with Crippen LogP contribution in [-0.2, 0) is 0 Å². The van der Waals surface area contributed by atoms with Crippen molar-refractivity contribution in [2.75, 3.05) is 5.73 Å². The van der Waals surface area contributed by atoms with Crippen LogP contribution in [0.2, 0.25) is 0 Å². The van der Waals surface area contributed by atoms with Crippen molar-refractivity contribution in [1.29, 1.82) is 0 Å². The van der Waals surface area contributed by atoms with E-state index in [1.165, 1.54) is 6.07 Å². The first-order valence-corrected chi connectivity index (χ1v) is 6.12. The molecule has 0 atom stereocenters. The summed E-state index contributed by atoms with van der Waals surface area (Å²) in [6.07, 6.45) is 1.57. The Bertz CT molecular complexity index is 728. The average molecular weight is 259 g/mol. The molecule has 0 unspecified atom stereocenters. The fraction of sp³-hybridized carbons (Fsp3) is 0. The summed E-state index contributed by atoms with van der Waals surface area (Å²) in [4.78, 5) is 14.8. The molecule has 6 heteroatoms. The third-order valence-electron chi connectivity index (χ3n) is 2.53. The number of H-pyrrole nitrogens is 1. The van der Waals surface area contributed by atoms with Gasteiger partial charge in [-0.15, -0.1) is 11.3 Å². The molecule has 0 aliphatic heterocycles. The molecule has 0 aliphatic rings. The zero-order chi connectivity index (χ0) is 12.5. The van der Waals surface area contributed by atoms with Crippen LogP contribution >= 0.6 is 11.3 Å². The summed E-state index contributed by atoms with van der Waals surface area (Å²) in [5, 5.41) is 5.88. The Kier molecular flexibility index (Phi) is 2.49. The smallest absolute Gasteiger partial charge is 0.248 e. The minimum atomic E-state index is -0.189. The second-order valence-corrected chi connectivity index (χ2v) is 4.64. The van der Waals surface area contributed by atoms with Gasteiger partial charge in [-0.1, -0.05) is 11.2 Å². The molecule has 0 aliphatic carbocycles. The largest absolute Gasteiger partial charge is 0.367 e. The molecule has 3 heterocycles. The van der Waals surface area contributed by atoms with E-state index in [1.807, 2.05) is 17.5 Å². The van der Waals surface area contributed by atoms with Crippen LogP contribution in [0.1, 0.15) is 0 Å². The molecule has 0 spiro atoms. The van der Waals surface area contributed by atoms with Crippen LogP contribution in [0.4, 0.5) is 5.88 Å². The standard InChI is InChI=1S/C12H9N3O2S/c13-12-10(8-2-1-5-18-8)11(15-17-12)7-3-4-14-9(16)6-7/h1-6H,13H2,(H,14,16). The van der Waals surface area contributed by atoms with E-state index in [4.69, 9.17) is 10.3 Å². The third-order valence-corrected chi connectivity index (χ3v) is 3.42. The van der Waals surface area contributed by atoms with Gasteiger partial charge in [0.25, 0.3) is 0 Å². The molecule has 3 N–H and O–H groups in total. The molecule has 0 saturated heterocycles. The van der Waals surface area contributed by atoms with Crippen LogP contribution < -0.4 is 11.3 Å². The highest BCUT2D eigenvalue weighted by Crippen LogP contribution is 2.37. The van der Waals surface area contributed by atoms with Gasteiger partial charge in [0.15, 0.2) is 0 Å². The number of hydrogen-bond acceptors (Lipinski definition) is 5. The maximum absolute atomic E-state index is 11.3. The lowest BCUT2D eigenvalue weighted by Gasteiger charge is -1.98. The third kappa shape index (κ3) is 1.72. The van der Waals surface area contributed by atoms with Gasteiger partial charge in [-0.25, -0.2) is 0 Å². The van der Waals surface area contributed by atoms with Gasteiger partial charge < -0.3 is 15.2 Å². The van der Waals surface area contributed by atoms with Crippen LogP contribution in [0.3, 0.4) is 0 Å². The van der Waals surface area contributed by atoms with Gasteiger partial charge in [-0.05, 0) is 17.5 Å². The number of hydrogen-bond donors (Lipinski definition) is 2. The number of nitrogens with one attached hydrogen (secondary N) is 1.